The lowest BCUT2D eigenvalue weighted by Crippen LogP contribution is -2.52. The highest BCUT2D eigenvalue weighted by molar-refractivity contribution is 6.02. The number of hydrogen-bond donors (Lipinski definition) is 1. The van der Waals surface area contributed by atoms with Crippen molar-refractivity contribution in [3.63, 3.8) is 0 Å². The van der Waals surface area contributed by atoms with Gasteiger partial charge < -0.3 is 19.5 Å². The number of aromatic nitrogens is 4. The molecule has 3 aromatic rings. The maximum absolute atomic E-state index is 13.0. The highest BCUT2D eigenvalue weighted by Gasteiger charge is 2.41. The predicted molar refractivity (Wildman–Crippen MR) is 123 cm³/mol. The molecule has 2 aliphatic rings. The molecule has 1 amide bonds. The molecule has 1 aliphatic heterocycles. The number of carbonyl (C=O) groups is 1. The summed E-state index contributed by atoms with van der Waals surface area (Å²) in [6.07, 6.45) is 12.9. The van der Waals surface area contributed by atoms with E-state index in [-0.39, 0.29) is 12.1 Å². The average molecular weight is 435 g/mol. The Hall–Kier alpha value is -3.16. The van der Waals surface area contributed by atoms with Crippen molar-refractivity contribution in [3.05, 3.63) is 37.2 Å². The number of rotatable bonds is 4. The Morgan fingerprint density at radius 2 is 1.97 bits per heavy atom. The molecule has 3 aromatic heterocycles. The number of carbonyl (C=O) groups excluding carboxylic acids is 1. The van der Waals surface area contributed by atoms with E-state index in [9.17, 15) is 4.79 Å². The van der Waals surface area contributed by atoms with Crippen LogP contribution in [0.3, 0.4) is 0 Å². The Balaban J connectivity index is 1.46. The lowest BCUT2D eigenvalue weighted by Gasteiger charge is -2.41. The standard InChI is InChI=1S/C24H30N6O2/c1-24(2,3)32-23(31)30(17-6-7-17)18-5-4-10-29(14-18)20-8-9-27-22-21(20)19(13-28-22)16-11-25-15-26-12-16/h8-9,11-13,15,17-18H,4-7,10,14H2,1-3H3,(H,27,28)/t18-/m0/s1. The number of H-pyrrole nitrogens is 1. The minimum absolute atomic E-state index is 0.136. The summed E-state index contributed by atoms with van der Waals surface area (Å²) in [5.41, 5.74) is 3.47. The summed E-state index contributed by atoms with van der Waals surface area (Å²) in [5, 5.41) is 1.07. The van der Waals surface area contributed by atoms with Crippen LogP contribution in [-0.2, 0) is 4.74 Å². The number of pyridine rings is 1. The van der Waals surface area contributed by atoms with E-state index in [1.165, 1.54) is 6.33 Å². The number of ether oxygens (including phenoxy) is 1. The van der Waals surface area contributed by atoms with Crippen LogP contribution in [0.2, 0.25) is 0 Å². The zero-order valence-electron chi connectivity index (χ0n) is 18.9. The summed E-state index contributed by atoms with van der Waals surface area (Å²) >= 11 is 0. The summed E-state index contributed by atoms with van der Waals surface area (Å²) < 4.78 is 5.77. The van der Waals surface area contributed by atoms with Gasteiger partial charge in [0.15, 0.2) is 0 Å². The summed E-state index contributed by atoms with van der Waals surface area (Å²) in [5.74, 6) is 0. The molecule has 8 heteroatoms. The largest absolute Gasteiger partial charge is 0.444 e. The van der Waals surface area contributed by atoms with Gasteiger partial charge in [-0.25, -0.2) is 19.7 Å². The zero-order chi connectivity index (χ0) is 22.3. The molecule has 168 valence electrons. The van der Waals surface area contributed by atoms with E-state index >= 15 is 0 Å². The molecule has 0 bridgehead atoms. The highest BCUT2D eigenvalue weighted by atomic mass is 16.6. The van der Waals surface area contributed by atoms with Gasteiger partial charge in [-0.3, -0.25) is 0 Å². The van der Waals surface area contributed by atoms with Gasteiger partial charge in [-0.1, -0.05) is 0 Å². The van der Waals surface area contributed by atoms with E-state index in [2.05, 4.69) is 30.9 Å². The summed E-state index contributed by atoms with van der Waals surface area (Å²) in [6.45, 7) is 7.51. The number of nitrogens with zero attached hydrogens (tertiary/aromatic N) is 5. The minimum Gasteiger partial charge on any atom is -0.444 e. The first-order chi connectivity index (χ1) is 15.4. The lowest BCUT2D eigenvalue weighted by molar-refractivity contribution is 0.0125. The highest BCUT2D eigenvalue weighted by Crippen LogP contribution is 2.38. The molecule has 32 heavy (non-hydrogen) atoms. The third-order valence-electron chi connectivity index (χ3n) is 6.10. The fourth-order valence-corrected chi connectivity index (χ4v) is 4.63. The number of anilines is 1. The Labute approximate surface area is 188 Å². The van der Waals surface area contributed by atoms with Gasteiger partial charge in [0.05, 0.1) is 11.4 Å². The van der Waals surface area contributed by atoms with Crippen molar-refractivity contribution in [1.82, 2.24) is 24.8 Å². The maximum Gasteiger partial charge on any atom is 0.410 e. The van der Waals surface area contributed by atoms with Gasteiger partial charge in [-0.15, -0.1) is 0 Å². The molecule has 1 saturated heterocycles. The molecule has 0 aromatic carbocycles. The predicted octanol–water partition coefficient (Wildman–Crippen LogP) is 4.39. The molecule has 1 atom stereocenters. The van der Waals surface area contributed by atoms with Crippen LogP contribution >= 0.6 is 0 Å². The summed E-state index contributed by atoms with van der Waals surface area (Å²) in [6, 6.07) is 2.51. The monoisotopic (exact) mass is 434 g/mol. The van der Waals surface area contributed by atoms with Crippen LogP contribution in [0.15, 0.2) is 37.2 Å². The maximum atomic E-state index is 13.0. The molecule has 1 N–H and O–H groups in total. The van der Waals surface area contributed by atoms with E-state index in [1.807, 2.05) is 50.5 Å². The van der Waals surface area contributed by atoms with Crippen LogP contribution in [0.4, 0.5) is 10.5 Å². The number of nitrogens with one attached hydrogen (secondary N) is 1. The van der Waals surface area contributed by atoms with Crippen LogP contribution in [0.5, 0.6) is 0 Å². The third-order valence-corrected chi connectivity index (χ3v) is 6.10. The summed E-state index contributed by atoms with van der Waals surface area (Å²) in [4.78, 5) is 33.6. The van der Waals surface area contributed by atoms with Crippen molar-refractivity contribution in [3.8, 4) is 11.1 Å². The molecule has 8 nitrogen and oxygen atoms in total. The second-order valence-electron chi connectivity index (χ2n) is 9.74. The zero-order valence-corrected chi connectivity index (χ0v) is 18.9. The second-order valence-corrected chi connectivity index (χ2v) is 9.74. The average Bonchev–Trinajstić information content (AvgIpc) is 3.50. The topological polar surface area (TPSA) is 87.2 Å². The molecular weight excluding hydrogens is 404 g/mol. The fourth-order valence-electron chi connectivity index (χ4n) is 4.63. The Kier molecular flexibility index (Phi) is 5.23. The quantitative estimate of drug-likeness (QED) is 0.655. The lowest BCUT2D eigenvalue weighted by atomic mass is 10.0. The van der Waals surface area contributed by atoms with E-state index in [1.54, 1.807) is 0 Å². The Morgan fingerprint density at radius 1 is 1.19 bits per heavy atom. The normalized spacial score (nSPS) is 19.2. The van der Waals surface area contributed by atoms with E-state index in [0.29, 0.717) is 6.04 Å². The second kappa shape index (κ2) is 8.07. The van der Waals surface area contributed by atoms with Crippen molar-refractivity contribution in [2.75, 3.05) is 18.0 Å². The van der Waals surface area contributed by atoms with E-state index < -0.39 is 5.60 Å². The van der Waals surface area contributed by atoms with Crippen LogP contribution < -0.4 is 4.90 Å². The van der Waals surface area contributed by atoms with Gasteiger partial charge in [0.2, 0.25) is 0 Å². The SMILES string of the molecule is CC(C)(C)OC(=O)N(C1CC1)[C@H]1CCCN(c2ccnc3[nH]cc(-c4cncnc4)c23)C1. The molecule has 0 spiro atoms. The van der Waals surface area contributed by atoms with Crippen molar-refractivity contribution < 1.29 is 9.53 Å². The number of amides is 1. The molecule has 2 fully saturated rings. The van der Waals surface area contributed by atoms with Crippen molar-refractivity contribution in [2.24, 2.45) is 0 Å². The van der Waals surface area contributed by atoms with Gasteiger partial charge in [-0.05, 0) is 52.5 Å². The molecule has 0 radical (unpaired) electrons. The fraction of sp³-hybridized carbons (Fsp3) is 0.500. The van der Waals surface area contributed by atoms with E-state index in [0.717, 1.165) is 66.6 Å². The Bertz CT molecular complexity index is 1100. The Morgan fingerprint density at radius 3 is 2.69 bits per heavy atom. The van der Waals surface area contributed by atoms with Crippen LogP contribution in [0.1, 0.15) is 46.5 Å². The van der Waals surface area contributed by atoms with Crippen molar-refractivity contribution >= 4 is 22.8 Å². The van der Waals surface area contributed by atoms with Gasteiger partial charge >= 0.3 is 6.09 Å². The minimum atomic E-state index is -0.492. The molecule has 1 aliphatic carbocycles. The van der Waals surface area contributed by atoms with Gasteiger partial charge in [0.1, 0.15) is 17.6 Å². The molecule has 0 unspecified atom stereocenters. The number of fused-ring (bicyclic) bond motifs is 1. The smallest absolute Gasteiger partial charge is 0.410 e. The van der Waals surface area contributed by atoms with Gasteiger partial charge in [-0.2, -0.15) is 0 Å². The molecule has 1 saturated carbocycles. The number of aromatic amines is 1. The number of piperidine rings is 1. The van der Waals surface area contributed by atoms with Crippen molar-refractivity contribution in [1.29, 1.82) is 0 Å². The van der Waals surface area contributed by atoms with Crippen LogP contribution in [0.25, 0.3) is 22.2 Å². The van der Waals surface area contributed by atoms with Gasteiger partial charge in [0, 0.05) is 60.7 Å². The first-order valence-electron chi connectivity index (χ1n) is 11.4. The molecule has 4 heterocycles. The first kappa shape index (κ1) is 20.7. The number of hydrogen-bond acceptors (Lipinski definition) is 6. The first-order valence-corrected chi connectivity index (χ1v) is 11.4. The molecular formula is C24H30N6O2. The van der Waals surface area contributed by atoms with Crippen molar-refractivity contribution in [2.45, 2.75) is 64.1 Å². The third kappa shape index (κ3) is 4.13. The molecule has 5 rings (SSSR count). The summed E-state index contributed by atoms with van der Waals surface area (Å²) in [7, 11) is 0. The van der Waals surface area contributed by atoms with Crippen LogP contribution in [0, 0.1) is 0 Å². The van der Waals surface area contributed by atoms with E-state index in [4.69, 9.17) is 4.74 Å². The van der Waals surface area contributed by atoms with Gasteiger partial charge in [0.25, 0.3) is 0 Å². The van der Waals surface area contributed by atoms with Crippen LogP contribution in [-0.4, -0.2) is 61.7 Å².